The van der Waals surface area contributed by atoms with E-state index in [-0.39, 0.29) is 23.6 Å². The van der Waals surface area contributed by atoms with E-state index in [0.29, 0.717) is 88.9 Å². The molecule has 7 aromatic rings. The van der Waals surface area contributed by atoms with E-state index in [1.807, 2.05) is 28.5 Å². The summed E-state index contributed by atoms with van der Waals surface area (Å²) in [5.74, 6) is 0.0847. The molecule has 2 aliphatic heterocycles. The highest BCUT2D eigenvalue weighted by atomic mass is 32.2. The lowest BCUT2D eigenvalue weighted by Crippen LogP contribution is -2.41. The zero-order valence-corrected chi connectivity index (χ0v) is 35.9. The number of benzene rings is 3. The Labute approximate surface area is 361 Å². The molecule has 324 valence electrons. The Kier molecular flexibility index (Phi) is 9.00. The Morgan fingerprint density at radius 3 is 2.35 bits per heavy atom. The third-order valence-corrected chi connectivity index (χ3v) is 15.0. The van der Waals surface area contributed by atoms with E-state index in [9.17, 15) is 13.8 Å². The molecule has 17 heteroatoms. The molecule has 15 nitrogen and oxygen atoms in total. The number of hydrogen-bond acceptors (Lipinski definition) is 9. The minimum atomic E-state index is -2.96. The molecule has 1 unspecified atom stereocenters. The smallest absolute Gasteiger partial charge is 0.381 e. The normalized spacial score (nSPS) is 22.3. The van der Waals surface area contributed by atoms with Crippen LogP contribution in [-0.2, 0) is 26.4 Å². The van der Waals surface area contributed by atoms with Crippen LogP contribution in [0.15, 0.2) is 98.1 Å². The summed E-state index contributed by atoms with van der Waals surface area (Å²) < 4.78 is 53.0. The van der Waals surface area contributed by atoms with Crippen molar-refractivity contribution in [2.75, 3.05) is 26.0 Å². The van der Waals surface area contributed by atoms with E-state index in [4.69, 9.17) is 19.1 Å². The predicted molar refractivity (Wildman–Crippen MR) is 231 cm³/mol. The van der Waals surface area contributed by atoms with E-state index in [1.165, 1.54) is 27.0 Å². The van der Waals surface area contributed by atoms with Gasteiger partial charge in [0.2, 0.25) is 0 Å². The summed E-state index contributed by atoms with van der Waals surface area (Å²) in [5.41, 5.74) is 4.33. The minimum Gasteiger partial charge on any atom is -0.381 e. The molecule has 4 atom stereocenters. The van der Waals surface area contributed by atoms with Crippen molar-refractivity contribution >= 4 is 26.5 Å². The van der Waals surface area contributed by atoms with Crippen molar-refractivity contribution in [2.24, 2.45) is 5.92 Å². The number of ether oxygens (including phenoxy) is 1. The maximum Gasteiger partial charge on any atom is 0.438 e. The summed E-state index contributed by atoms with van der Waals surface area (Å²) in [5, 5.41) is 10.2. The lowest BCUT2D eigenvalue weighted by molar-refractivity contribution is 0.0663. The zero-order chi connectivity index (χ0) is 43.5. The van der Waals surface area contributed by atoms with Gasteiger partial charge in [-0.05, 0) is 129 Å². The molecule has 2 aliphatic carbocycles. The SMILES string of the molecule is C[C@H]1c2c(nn(-c3ccc(F)c(C4CC4)c3)c2-n2ccn(-c3ccc(S(C)(=N)=O)cc3)c2=O)CCN1C(=O)c1cc2cc(C3CCOCC3)ccc2n1[C@@]1(c2noc(=O)[nH]2)C[C@@H]1C. The van der Waals surface area contributed by atoms with Crippen LogP contribution < -0.4 is 11.4 Å². The van der Waals surface area contributed by atoms with E-state index in [2.05, 4.69) is 35.3 Å². The minimum absolute atomic E-state index is 0.0205. The first kappa shape index (κ1) is 39.5. The highest BCUT2D eigenvalue weighted by Gasteiger charge is 2.59. The van der Waals surface area contributed by atoms with Gasteiger partial charge in [-0.25, -0.2) is 27.6 Å². The van der Waals surface area contributed by atoms with Crippen LogP contribution in [0.2, 0.25) is 0 Å². The van der Waals surface area contributed by atoms with Gasteiger partial charge in [0.05, 0.1) is 32.8 Å². The summed E-state index contributed by atoms with van der Waals surface area (Å²) in [6.07, 6.45) is 9.26. The maximum absolute atomic E-state index is 15.5. The number of carbonyl (C=O) groups is 1. The number of aromatic nitrogens is 7. The molecular formula is C46H46FN9O6S. The number of H-pyrrole nitrogens is 1. The lowest BCUT2D eigenvalue weighted by Gasteiger charge is -2.34. The quantitative estimate of drug-likeness (QED) is 0.157. The van der Waals surface area contributed by atoms with Crippen molar-refractivity contribution in [3.8, 4) is 17.2 Å². The van der Waals surface area contributed by atoms with Gasteiger partial charge in [0.25, 0.3) is 5.91 Å². The Morgan fingerprint density at radius 1 is 0.937 bits per heavy atom. The van der Waals surface area contributed by atoms with Gasteiger partial charge in [0.1, 0.15) is 22.9 Å². The molecule has 0 radical (unpaired) electrons. The van der Waals surface area contributed by atoms with Crippen molar-refractivity contribution in [3.05, 3.63) is 140 Å². The van der Waals surface area contributed by atoms with Gasteiger partial charge in [-0.1, -0.05) is 18.1 Å². The van der Waals surface area contributed by atoms with Gasteiger partial charge in [-0.15, -0.1) is 0 Å². The van der Waals surface area contributed by atoms with E-state index in [0.717, 1.165) is 36.6 Å². The number of rotatable bonds is 9. The molecule has 0 bridgehead atoms. The lowest BCUT2D eigenvalue weighted by atomic mass is 9.91. The number of fused-ring (bicyclic) bond motifs is 2. The molecule has 4 aliphatic rings. The van der Waals surface area contributed by atoms with Crippen LogP contribution >= 0.6 is 0 Å². The van der Waals surface area contributed by atoms with Crippen molar-refractivity contribution in [2.45, 2.75) is 80.7 Å². The molecule has 1 saturated heterocycles. The highest BCUT2D eigenvalue weighted by Crippen LogP contribution is 2.56. The second-order valence-electron chi connectivity index (χ2n) is 17.7. The van der Waals surface area contributed by atoms with Crippen LogP contribution in [0.3, 0.4) is 0 Å². The summed E-state index contributed by atoms with van der Waals surface area (Å²) in [6, 6.07) is 19.1. The van der Waals surface area contributed by atoms with Crippen molar-refractivity contribution in [1.82, 2.24) is 38.5 Å². The molecule has 0 spiro atoms. The molecule has 6 heterocycles. The molecule has 11 rings (SSSR count). The van der Waals surface area contributed by atoms with Crippen LogP contribution in [0.4, 0.5) is 4.39 Å². The predicted octanol–water partition coefficient (Wildman–Crippen LogP) is 6.93. The Morgan fingerprint density at radius 2 is 1.67 bits per heavy atom. The van der Waals surface area contributed by atoms with Crippen molar-refractivity contribution < 1.29 is 22.7 Å². The van der Waals surface area contributed by atoms with Crippen LogP contribution in [0.5, 0.6) is 0 Å². The number of carbonyl (C=O) groups excluding carboxylic acids is 1. The standard InChI is InChI=1S/C46H46FN9O6S/c1-26-25-46(26,43-49-44(58)62-51-43)55-38-13-6-30(28-15-20-61-21-16-28)22-31(38)23-39(55)42(57)52-17-14-37-40(27(52)2)41(56(50-37)33-9-12-36(47)35(24-33)29-4-5-29)54-19-18-53(45(54)59)32-7-10-34(11-8-32)63(3,48)60/h6-13,18-19,22-24,26-29,48H,4-5,14-17,20-21,25H2,1-3H3,(H,49,51,58)/t26-,27-,46-,63?/m0/s1. The Hall–Kier alpha value is -6.33. The molecule has 63 heavy (non-hydrogen) atoms. The van der Waals surface area contributed by atoms with Crippen LogP contribution in [0.25, 0.3) is 28.1 Å². The number of nitrogens with one attached hydrogen (secondary N) is 2. The van der Waals surface area contributed by atoms with Gasteiger partial charge in [-0.2, -0.15) is 5.10 Å². The van der Waals surface area contributed by atoms with E-state index < -0.39 is 32.8 Å². The summed E-state index contributed by atoms with van der Waals surface area (Å²) in [7, 11) is -2.96. The molecular weight excluding hydrogens is 826 g/mol. The second kappa shape index (κ2) is 14.4. The number of hydrogen-bond donors (Lipinski definition) is 2. The molecule has 3 aromatic carbocycles. The Balaban J connectivity index is 1.05. The van der Waals surface area contributed by atoms with Crippen molar-refractivity contribution in [3.63, 3.8) is 0 Å². The summed E-state index contributed by atoms with van der Waals surface area (Å²) >= 11 is 0. The maximum atomic E-state index is 15.5. The average molecular weight is 872 g/mol. The van der Waals surface area contributed by atoms with E-state index >= 15 is 9.18 Å². The number of nitrogens with zero attached hydrogens (tertiary/aromatic N) is 7. The fraction of sp³-hybridized carbons (Fsp3) is 0.370. The number of amides is 1. The summed E-state index contributed by atoms with van der Waals surface area (Å²) in [6.45, 7) is 5.74. The number of aromatic amines is 1. The molecule has 1 amide bonds. The van der Waals surface area contributed by atoms with Gasteiger partial charge < -0.3 is 14.2 Å². The second-order valence-corrected chi connectivity index (χ2v) is 19.9. The summed E-state index contributed by atoms with van der Waals surface area (Å²) in [4.78, 5) is 47.4. The van der Waals surface area contributed by atoms with E-state index in [1.54, 1.807) is 47.4 Å². The monoisotopic (exact) mass is 871 g/mol. The first-order valence-corrected chi connectivity index (χ1v) is 23.5. The molecule has 3 fully saturated rings. The third-order valence-electron chi connectivity index (χ3n) is 13.8. The Bertz CT molecular complexity index is 3220. The first-order valence-electron chi connectivity index (χ1n) is 21.5. The zero-order valence-electron chi connectivity index (χ0n) is 35.0. The molecule has 2 N–H and O–H groups in total. The molecule has 2 saturated carbocycles. The van der Waals surface area contributed by atoms with Crippen LogP contribution in [0.1, 0.15) is 103 Å². The average Bonchev–Trinajstić information content (AvgIpc) is 3.98. The van der Waals surface area contributed by atoms with Crippen LogP contribution in [0, 0.1) is 16.5 Å². The number of imidazole rings is 1. The topological polar surface area (TPSA) is 179 Å². The van der Waals surface area contributed by atoms with Crippen LogP contribution in [-0.4, -0.2) is 74.7 Å². The number of halogens is 1. The fourth-order valence-electron chi connectivity index (χ4n) is 10.1. The van der Waals surface area contributed by atoms with Gasteiger partial charge >= 0.3 is 11.4 Å². The largest absolute Gasteiger partial charge is 0.438 e. The third kappa shape index (κ3) is 6.37. The first-order chi connectivity index (χ1) is 30.3. The van der Waals surface area contributed by atoms with Gasteiger partial charge in [0.15, 0.2) is 5.82 Å². The molecule has 4 aromatic heterocycles. The van der Waals surface area contributed by atoms with Gasteiger partial charge in [0, 0.05) is 66.2 Å². The van der Waals surface area contributed by atoms with Crippen molar-refractivity contribution in [1.29, 1.82) is 4.78 Å². The highest BCUT2D eigenvalue weighted by molar-refractivity contribution is 7.91. The fourth-order valence-corrected chi connectivity index (χ4v) is 10.8. The van der Waals surface area contributed by atoms with Gasteiger partial charge in [-0.3, -0.25) is 23.4 Å².